The van der Waals surface area contributed by atoms with E-state index in [-0.39, 0.29) is 103 Å². The number of carbonyl (C=O) groups excluding carboxylic acids is 4. The molecule has 4 aromatic carbocycles. The summed E-state index contributed by atoms with van der Waals surface area (Å²) < 4.78 is 54.2. The van der Waals surface area contributed by atoms with Crippen LogP contribution in [-0.2, 0) is 85.5 Å². The molecule has 20 heteroatoms. The molecule has 19 nitrogen and oxygen atoms in total. The number of aromatic hydroxyl groups is 1. The number of halogens is 1. The molecule has 12 heterocycles. The third-order valence-corrected chi connectivity index (χ3v) is 30.6. The molecule has 3 N–H and O–H groups in total. The number of nitrogens with zero attached hydrogens (tertiary/aromatic N) is 4. The Morgan fingerprint density at radius 1 is 0.485 bits per heavy atom. The summed E-state index contributed by atoms with van der Waals surface area (Å²) in [7, 11) is 0. The van der Waals surface area contributed by atoms with Gasteiger partial charge in [-0.3, -0.25) is 37.5 Å². The van der Waals surface area contributed by atoms with Crippen molar-refractivity contribution >= 4 is 23.1 Å². The molecule has 12 fully saturated rings. The lowest BCUT2D eigenvalue weighted by molar-refractivity contribution is -0.947. The van der Waals surface area contributed by atoms with Crippen molar-refractivity contribution in [1.29, 1.82) is 0 Å². The normalized spacial score (nSPS) is 44.4. The minimum atomic E-state index is -0.545. The van der Waals surface area contributed by atoms with Gasteiger partial charge >= 0.3 is 0 Å². The molecule has 0 amide bonds. The van der Waals surface area contributed by atoms with Crippen LogP contribution in [0.4, 0.5) is 0 Å². The van der Waals surface area contributed by atoms with Crippen LogP contribution in [0.25, 0.3) is 0 Å². The highest BCUT2D eigenvalue weighted by Crippen LogP contribution is 2.73. The molecule has 8 aliphatic carbocycles. The van der Waals surface area contributed by atoms with Crippen LogP contribution in [-0.4, -0.2) is 196 Å². The molecular formula is C79H88BrN4O15+. The lowest BCUT2D eigenvalue weighted by Gasteiger charge is -2.60. The van der Waals surface area contributed by atoms with Gasteiger partial charge in [0.1, 0.15) is 64.5 Å². The number of carbonyl (C=O) groups is 4. The van der Waals surface area contributed by atoms with Crippen molar-refractivity contribution in [3.8, 4) is 34.5 Å². The predicted octanol–water partition coefficient (Wildman–Crippen LogP) is 3.30. The summed E-state index contributed by atoms with van der Waals surface area (Å²) in [6.45, 7) is 25.7. The van der Waals surface area contributed by atoms with Crippen LogP contribution < -0.4 is 41.0 Å². The molecule has 4 aromatic rings. The molecule has 24 rings (SSSR count). The van der Waals surface area contributed by atoms with Gasteiger partial charge in [-0.1, -0.05) is 68.0 Å². The molecule has 520 valence electrons. The van der Waals surface area contributed by atoms with Gasteiger partial charge in [0.25, 0.3) is 0 Å². The first-order valence-electron chi connectivity index (χ1n) is 36.3. The van der Waals surface area contributed by atoms with E-state index in [0.29, 0.717) is 74.8 Å². The second kappa shape index (κ2) is 20.3. The molecular weight excluding hydrogens is 1320 g/mol. The molecule has 0 aromatic heterocycles. The van der Waals surface area contributed by atoms with Crippen LogP contribution in [0, 0.1) is 13.8 Å². The molecule has 20 aliphatic rings. The first-order valence-corrected chi connectivity index (χ1v) is 36.3. The van der Waals surface area contributed by atoms with E-state index in [4.69, 9.17) is 37.9 Å². The summed E-state index contributed by atoms with van der Waals surface area (Å²) in [5, 5.41) is 22.9. The Hall–Kier alpha value is -6.30. The number of Topliss-reactive ketones (excluding diaryl/α,β-unsaturated/α-hetero) is 4. The largest absolute Gasteiger partial charge is 1.00 e. The molecule has 99 heavy (non-hydrogen) atoms. The highest BCUT2D eigenvalue weighted by molar-refractivity contribution is 5.93. The maximum Gasteiger partial charge on any atom is 0.184 e. The number of ketones is 4. The molecule has 4 saturated carbocycles. The third-order valence-electron chi connectivity index (χ3n) is 30.6. The van der Waals surface area contributed by atoms with Gasteiger partial charge in [-0.25, -0.2) is 0 Å². The van der Waals surface area contributed by atoms with Crippen molar-refractivity contribution in [2.75, 3.05) is 72.7 Å². The standard InChI is InChI=1S/C21H24NO3.2C20H21NO4.C18H19NO3.BrH.H2O/c1-3-9-22-10-8-20-17-14-5-4-13(2)18(17)25-19(20)15(23)6-7-21(20,24-12-22)16(22)11-14;2*1-2-8-21-9-7-19-16-12-3-4-13(22)17(16)25-18(19)14(23)5-6-20(19,24-11-21)15(21)10-12;1-10-2-3-11-8-13-18-5-4-12(20)16-17(18,14(11)15(10)22-16)6-7-19(13)9-21-18;;/h3-5,16,19H,1,6-12H2,2H3;2*2-4,15,18H,1,5-11H2;2-3,13,16H,4-9H2,1H3;1H;1H2/q+1;;;;;/t16-,19+,20+,21-,22?;;;13-,16+,17+,18-;;/m1..1../s1. The lowest BCUT2D eigenvalue weighted by Crippen LogP contribution is -3.00. The van der Waals surface area contributed by atoms with E-state index in [0.717, 1.165) is 184 Å². The summed E-state index contributed by atoms with van der Waals surface area (Å²) >= 11 is 0. The van der Waals surface area contributed by atoms with Gasteiger partial charge in [0.2, 0.25) is 0 Å². The second-order valence-electron chi connectivity index (χ2n) is 33.2. The maximum absolute atomic E-state index is 12.9. The molecule has 8 spiro atoms. The van der Waals surface area contributed by atoms with Gasteiger partial charge in [0.05, 0.1) is 60.9 Å². The fraction of sp³-hybridized carbons (Fsp3) is 0.570. The fourth-order valence-corrected chi connectivity index (χ4v) is 27.0. The number of benzene rings is 4. The summed E-state index contributed by atoms with van der Waals surface area (Å²) in [5.74, 6) is 3.82. The molecule has 20 atom stereocenters. The second-order valence-corrected chi connectivity index (χ2v) is 33.2. The zero-order chi connectivity index (χ0) is 65.8. The number of piperidine rings is 4. The number of phenols is 1. The monoisotopic (exact) mass is 1410 g/mol. The van der Waals surface area contributed by atoms with E-state index in [1.165, 1.54) is 33.4 Å². The van der Waals surface area contributed by atoms with Crippen molar-refractivity contribution in [1.82, 2.24) is 4.90 Å². The van der Waals surface area contributed by atoms with Crippen molar-refractivity contribution in [2.45, 2.75) is 209 Å². The van der Waals surface area contributed by atoms with Crippen LogP contribution >= 0.6 is 0 Å². The number of aryl methyl sites for hydroxylation is 2. The zero-order valence-corrected chi connectivity index (χ0v) is 58.2. The van der Waals surface area contributed by atoms with Crippen LogP contribution in [0.1, 0.15) is 133 Å². The van der Waals surface area contributed by atoms with Crippen LogP contribution in [0.5, 0.6) is 34.5 Å². The van der Waals surface area contributed by atoms with Crippen molar-refractivity contribution in [3.63, 3.8) is 0 Å². The maximum atomic E-state index is 12.9. The van der Waals surface area contributed by atoms with Crippen molar-refractivity contribution < 1.29 is 103 Å². The van der Waals surface area contributed by atoms with E-state index >= 15 is 0 Å². The van der Waals surface area contributed by atoms with Gasteiger partial charge in [-0.2, -0.15) is 0 Å². The Balaban J connectivity index is 0.0000000917. The van der Waals surface area contributed by atoms with Crippen LogP contribution in [0.3, 0.4) is 0 Å². The lowest BCUT2D eigenvalue weighted by atomic mass is 9.49. The molecule has 0 radical (unpaired) electrons. The van der Waals surface area contributed by atoms with E-state index < -0.39 is 23.0 Å². The third kappa shape index (κ3) is 6.79. The smallest absolute Gasteiger partial charge is 0.184 e. The minimum Gasteiger partial charge on any atom is -1.00 e. The van der Waals surface area contributed by atoms with Gasteiger partial charge in [-0.15, -0.1) is 0 Å². The zero-order valence-electron chi connectivity index (χ0n) is 56.6. The van der Waals surface area contributed by atoms with E-state index in [9.17, 15) is 29.4 Å². The Bertz CT molecular complexity index is 4060. The molecule has 12 unspecified atom stereocenters. The molecule has 12 aliphatic heterocycles. The number of hydrogen-bond acceptors (Lipinski definition) is 15. The number of hydrogen-bond donors (Lipinski definition) is 1. The Kier molecular flexibility index (Phi) is 13.1. The van der Waals surface area contributed by atoms with E-state index in [1.807, 2.05) is 30.4 Å². The van der Waals surface area contributed by atoms with Crippen molar-refractivity contribution in [3.05, 3.63) is 142 Å². The number of quaternary nitrogens is 3. The van der Waals surface area contributed by atoms with Gasteiger partial charge in [0.15, 0.2) is 79.2 Å². The quantitative estimate of drug-likeness (QED) is 0.216. The fourth-order valence-electron chi connectivity index (χ4n) is 27.0. The number of phenolic OH excluding ortho intramolecular Hbond substituents is 1. The summed E-state index contributed by atoms with van der Waals surface area (Å²) in [6.07, 6.45) is 17.3. The summed E-state index contributed by atoms with van der Waals surface area (Å²) in [6, 6.07) is 17.6. The minimum absolute atomic E-state index is 0. The highest BCUT2D eigenvalue weighted by Gasteiger charge is 2.85. The number of ether oxygens (including phenoxy) is 8. The Labute approximate surface area is 586 Å². The van der Waals surface area contributed by atoms with Gasteiger partial charge in [0, 0.05) is 99.0 Å². The molecule has 8 saturated heterocycles. The number of rotatable bonds is 6. The SMILES string of the molecule is C=CC[N+]12CCC34c5c6ccc(O)c5OC3C(=O)CCC4(OC1)C2C6.C=CC[N+]12CCC34c5c6ccc([O-])c5OC3C(=O)CCC4(OC1)C2C6.C=CC[N+]12CC[C@]34c5c6ccc(C)c5O[C@H]3C(=O)CC[C@@]4(OC1)[C@H]2C6.Cc1ccc2c3c1O[C@H]1C(=O)CC[C@]45OCN(CC[C@]314)[C@@H]5C2.O.[Br-]. The summed E-state index contributed by atoms with van der Waals surface area (Å²) in [5.41, 5.74) is 9.67. The topological polar surface area (TPSA) is 220 Å². The van der Waals surface area contributed by atoms with E-state index in [2.05, 4.69) is 62.7 Å². The van der Waals surface area contributed by atoms with Gasteiger partial charge in [-0.05, 0) is 110 Å². The Morgan fingerprint density at radius 2 is 0.848 bits per heavy atom. The van der Waals surface area contributed by atoms with Crippen molar-refractivity contribution in [2.24, 2.45) is 0 Å². The average molecular weight is 1410 g/mol. The summed E-state index contributed by atoms with van der Waals surface area (Å²) in [4.78, 5) is 53.7. The first kappa shape index (κ1) is 63.6. The van der Waals surface area contributed by atoms with Crippen LogP contribution in [0.2, 0.25) is 0 Å². The first-order chi connectivity index (χ1) is 46.9. The predicted molar refractivity (Wildman–Crippen MR) is 352 cm³/mol. The highest BCUT2D eigenvalue weighted by atomic mass is 79.9. The molecule has 16 bridgehead atoms. The van der Waals surface area contributed by atoms with Gasteiger partial charge < -0.3 is 70.6 Å². The Morgan fingerprint density at radius 3 is 1.29 bits per heavy atom. The van der Waals surface area contributed by atoms with Crippen LogP contribution in [0.15, 0.2) is 86.5 Å². The average Bonchev–Trinajstić information content (AvgIpc) is 1.53. The van der Waals surface area contributed by atoms with E-state index in [1.54, 1.807) is 12.1 Å².